The number of hydrogen-bond acceptors (Lipinski definition) is 1. The average Bonchev–Trinajstić information content (AvgIpc) is 2.51. The molecular weight excluding hydrogens is 196 g/mol. The molecule has 0 saturated carbocycles. The van der Waals surface area contributed by atoms with Crippen molar-refractivity contribution in [1.29, 1.82) is 0 Å². The highest BCUT2D eigenvalue weighted by atomic mass is 16.1. The van der Waals surface area contributed by atoms with Crippen molar-refractivity contribution in [2.24, 2.45) is 0 Å². The van der Waals surface area contributed by atoms with Crippen LogP contribution in [0.15, 0.2) is 36.9 Å². The summed E-state index contributed by atoms with van der Waals surface area (Å²) in [6.45, 7) is 3.65. The lowest BCUT2D eigenvalue weighted by Gasteiger charge is -2.15. The van der Waals surface area contributed by atoms with Gasteiger partial charge in [0.2, 0.25) is 0 Å². The Hall–Kier alpha value is -1.37. The SMILES string of the molecule is C=CCC(=O)[C@@H]1CCCCc2ccccc21. The topological polar surface area (TPSA) is 17.1 Å². The molecule has 1 aliphatic carbocycles. The number of hydrogen-bond donors (Lipinski definition) is 0. The summed E-state index contributed by atoms with van der Waals surface area (Å²) < 4.78 is 0. The van der Waals surface area contributed by atoms with Gasteiger partial charge in [-0.05, 0) is 30.4 Å². The maximum Gasteiger partial charge on any atom is 0.144 e. The summed E-state index contributed by atoms with van der Waals surface area (Å²) >= 11 is 0. The summed E-state index contributed by atoms with van der Waals surface area (Å²) in [4.78, 5) is 12.0. The number of rotatable bonds is 3. The van der Waals surface area contributed by atoms with Crippen LogP contribution in [0.1, 0.15) is 42.7 Å². The van der Waals surface area contributed by atoms with E-state index in [1.54, 1.807) is 6.08 Å². The van der Waals surface area contributed by atoms with Gasteiger partial charge in [-0.3, -0.25) is 4.79 Å². The number of carbonyl (C=O) groups excluding carboxylic acids is 1. The van der Waals surface area contributed by atoms with E-state index in [2.05, 4.69) is 24.8 Å². The van der Waals surface area contributed by atoms with Gasteiger partial charge >= 0.3 is 0 Å². The Balaban J connectivity index is 2.32. The van der Waals surface area contributed by atoms with Gasteiger partial charge < -0.3 is 0 Å². The summed E-state index contributed by atoms with van der Waals surface area (Å²) in [5.74, 6) is 0.432. The third-order valence-electron chi connectivity index (χ3n) is 3.35. The van der Waals surface area contributed by atoms with E-state index in [9.17, 15) is 4.79 Å². The first-order chi connectivity index (χ1) is 7.83. The molecule has 0 fully saturated rings. The fourth-order valence-electron chi connectivity index (χ4n) is 2.54. The Morgan fingerprint density at radius 1 is 1.38 bits per heavy atom. The summed E-state index contributed by atoms with van der Waals surface area (Å²) in [6, 6.07) is 8.39. The molecule has 0 aliphatic heterocycles. The standard InChI is InChI=1S/C15H18O/c1-2-7-15(16)14-11-6-4-9-12-8-3-5-10-13(12)14/h2-3,5,8,10,14H,1,4,6-7,9,11H2/t14-/m1/s1. The van der Waals surface area contributed by atoms with Gasteiger partial charge in [-0.1, -0.05) is 36.8 Å². The number of fused-ring (bicyclic) bond motifs is 1. The van der Waals surface area contributed by atoms with Crippen LogP contribution >= 0.6 is 0 Å². The van der Waals surface area contributed by atoms with E-state index in [0.29, 0.717) is 12.2 Å². The molecule has 0 N–H and O–H groups in total. The lowest BCUT2D eigenvalue weighted by molar-refractivity contribution is -0.119. The molecule has 1 atom stereocenters. The maximum absolute atomic E-state index is 12.0. The summed E-state index contributed by atoms with van der Waals surface area (Å²) in [5, 5.41) is 0. The number of allylic oxidation sites excluding steroid dienone is 1. The van der Waals surface area contributed by atoms with E-state index in [1.165, 1.54) is 17.5 Å². The Labute approximate surface area is 97.2 Å². The van der Waals surface area contributed by atoms with Crippen molar-refractivity contribution in [3.05, 3.63) is 48.0 Å². The molecule has 1 heteroatoms. The number of ketones is 1. The minimum absolute atomic E-state index is 0.108. The Kier molecular flexibility index (Phi) is 3.55. The summed E-state index contributed by atoms with van der Waals surface area (Å²) in [7, 11) is 0. The van der Waals surface area contributed by atoms with Crippen molar-refractivity contribution in [1.82, 2.24) is 0 Å². The predicted octanol–water partition coefficient (Wildman–Crippen LogP) is 3.64. The van der Waals surface area contributed by atoms with Crippen LogP contribution < -0.4 is 0 Å². The second-order valence-electron chi connectivity index (χ2n) is 4.46. The van der Waals surface area contributed by atoms with Gasteiger partial charge in [-0.2, -0.15) is 0 Å². The van der Waals surface area contributed by atoms with E-state index in [4.69, 9.17) is 0 Å². The summed E-state index contributed by atoms with van der Waals surface area (Å²) in [5.41, 5.74) is 2.62. The molecule has 0 saturated heterocycles. The van der Waals surface area contributed by atoms with Gasteiger partial charge in [0.1, 0.15) is 5.78 Å². The van der Waals surface area contributed by atoms with E-state index in [1.807, 2.05) is 6.07 Å². The molecule has 0 bridgehead atoms. The summed E-state index contributed by atoms with van der Waals surface area (Å²) in [6.07, 6.45) is 6.70. The van der Waals surface area contributed by atoms with Gasteiger partial charge in [0.15, 0.2) is 0 Å². The largest absolute Gasteiger partial charge is 0.299 e. The Morgan fingerprint density at radius 3 is 3.00 bits per heavy atom. The molecule has 0 amide bonds. The lowest BCUT2D eigenvalue weighted by Crippen LogP contribution is -2.12. The molecule has 1 aromatic carbocycles. The molecule has 0 spiro atoms. The van der Waals surface area contributed by atoms with Crippen molar-refractivity contribution >= 4 is 5.78 Å². The molecule has 16 heavy (non-hydrogen) atoms. The molecular formula is C15H18O. The van der Waals surface area contributed by atoms with Crippen molar-refractivity contribution in [3.63, 3.8) is 0 Å². The molecule has 1 aliphatic rings. The van der Waals surface area contributed by atoms with E-state index in [0.717, 1.165) is 19.3 Å². The van der Waals surface area contributed by atoms with Crippen LogP contribution in [0.2, 0.25) is 0 Å². The Morgan fingerprint density at radius 2 is 2.19 bits per heavy atom. The number of Topliss-reactive ketones (excluding diaryl/α,β-unsaturated/α-hetero) is 1. The zero-order valence-electron chi connectivity index (χ0n) is 9.61. The van der Waals surface area contributed by atoms with Crippen LogP contribution in [0.4, 0.5) is 0 Å². The Bertz CT molecular complexity index is 392. The molecule has 0 heterocycles. The van der Waals surface area contributed by atoms with Crippen molar-refractivity contribution < 1.29 is 4.79 Å². The lowest BCUT2D eigenvalue weighted by atomic mass is 9.88. The average molecular weight is 214 g/mol. The van der Waals surface area contributed by atoms with Crippen LogP contribution in [0, 0.1) is 0 Å². The molecule has 0 unspecified atom stereocenters. The first-order valence-electron chi connectivity index (χ1n) is 6.04. The highest BCUT2D eigenvalue weighted by Crippen LogP contribution is 2.31. The van der Waals surface area contributed by atoms with Gasteiger partial charge in [0, 0.05) is 12.3 Å². The van der Waals surface area contributed by atoms with Crippen LogP contribution in [-0.2, 0) is 11.2 Å². The van der Waals surface area contributed by atoms with Gasteiger partial charge in [0.25, 0.3) is 0 Å². The van der Waals surface area contributed by atoms with Crippen LogP contribution in [0.5, 0.6) is 0 Å². The van der Waals surface area contributed by atoms with Gasteiger partial charge in [0.05, 0.1) is 0 Å². The molecule has 1 nitrogen and oxygen atoms in total. The minimum Gasteiger partial charge on any atom is -0.299 e. The third kappa shape index (κ3) is 2.24. The zero-order valence-corrected chi connectivity index (χ0v) is 9.61. The van der Waals surface area contributed by atoms with Crippen molar-refractivity contribution in [3.8, 4) is 0 Å². The monoisotopic (exact) mass is 214 g/mol. The minimum atomic E-state index is 0.108. The second kappa shape index (κ2) is 5.11. The maximum atomic E-state index is 12.0. The first kappa shape index (κ1) is 11.1. The van der Waals surface area contributed by atoms with Crippen LogP contribution in [0.25, 0.3) is 0 Å². The number of carbonyl (C=O) groups is 1. The highest BCUT2D eigenvalue weighted by Gasteiger charge is 2.23. The number of benzene rings is 1. The molecule has 1 aromatic rings. The van der Waals surface area contributed by atoms with Gasteiger partial charge in [-0.15, -0.1) is 6.58 Å². The predicted molar refractivity (Wildman–Crippen MR) is 66.6 cm³/mol. The number of aryl methyl sites for hydroxylation is 1. The van der Waals surface area contributed by atoms with E-state index in [-0.39, 0.29) is 5.92 Å². The quantitative estimate of drug-likeness (QED) is 0.554. The molecule has 0 aromatic heterocycles. The zero-order chi connectivity index (χ0) is 11.4. The van der Waals surface area contributed by atoms with Gasteiger partial charge in [-0.25, -0.2) is 0 Å². The van der Waals surface area contributed by atoms with Crippen LogP contribution in [-0.4, -0.2) is 5.78 Å². The smallest absolute Gasteiger partial charge is 0.144 e. The fourth-order valence-corrected chi connectivity index (χ4v) is 2.54. The molecule has 2 rings (SSSR count). The first-order valence-corrected chi connectivity index (χ1v) is 6.04. The van der Waals surface area contributed by atoms with Crippen molar-refractivity contribution in [2.75, 3.05) is 0 Å². The third-order valence-corrected chi connectivity index (χ3v) is 3.35. The van der Waals surface area contributed by atoms with Crippen molar-refractivity contribution in [2.45, 2.75) is 38.0 Å². The normalized spacial score (nSPS) is 19.6. The van der Waals surface area contributed by atoms with E-state index < -0.39 is 0 Å². The van der Waals surface area contributed by atoms with E-state index >= 15 is 0 Å². The fraction of sp³-hybridized carbons (Fsp3) is 0.400. The van der Waals surface area contributed by atoms with Crippen LogP contribution in [0.3, 0.4) is 0 Å². The second-order valence-corrected chi connectivity index (χ2v) is 4.46. The molecule has 0 radical (unpaired) electrons. The molecule has 84 valence electrons. The highest BCUT2D eigenvalue weighted by molar-refractivity contribution is 5.87.